The van der Waals surface area contributed by atoms with Crippen molar-refractivity contribution in [2.24, 2.45) is 0 Å². The molecular weight excluding hydrogens is 773 g/mol. The summed E-state index contributed by atoms with van der Waals surface area (Å²) in [6.45, 7) is 0. The van der Waals surface area contributed by atoms with E-state index in [1.807, 2.05) is 0 Å². The molecule has 0 radical (unpaired) electrons. The predicted octanol–water partition coefficient (Wildman–Crippen LogP) is 17.2. The monoisotopic (exact) mass is 814 g/mol. The van der Waals surface area contributed by atoms with Gasteiger partial charge in [0.2, 0.25) is 0 Å². The van der Waals surface area contributed by atoms with Gasteiger partial charge < -0.3 is 9.47 Å². The molecule has 0 bridgehead atoms. The van der Waals surface area contributed by atoms with Gasteiger partial charge in [0.25, 0.3) is 0 Å². The van der Waals surface area contributed by atoms with E-state index in [1.54, 1.807) is 0 Å². The number of aromatic nitrogens is 1. The first-order chi connectivity index (χ1) is 31.8. The summed E-state index contributed by atoms with van der Waals surface area (Å²) >= 11 is 0. The maximum Gasteiger partial charge on any atom is 0.0541 e. The highest BCUT2D eigenvalue weighted by Gasteiger charge is 2.21. The first-order valence-electron chi connectivity index (χ1n) is 22.0. The largest absolute Gasteiger partial charge is 0.310 e. The Bertz CT molecular complexity index is 3600. The minimum absolute atomic E-state index is 1.08. The zero-order chi connectivity index (χ0) is 42.4. The Morgan fingerprint density at radius 1 is 0.266 bits per heavy atom. The van der Waals surface area contributed by atoms with Gasteiger partial charge in [-0.2, -0.15) is 0 Å². The lowest BCUT2D eigenvalue weighted by molar-refractivity contribution is 1.20. The average molecular weight is 815 g/mol. The summed E-state index contributed by atoms with van der Waals surface area (Å²) in [4.78, 5) is 2.43. The molecule has 0 fully saturated rings. The van der Waals surface area contributed by atoms with Crippen molar-refractivity contribution in [3.8, 4) is 50.2 Å². The predicted molar refractivity (Wildman–Crippen MR) is 272 cm³/mol. The third kappa shape index (κ3) is 6.44. The van der Waals surface area contributed by atoms with Crippen LogP contribution < -0.4 is 4.90 Å². The summed E-state index contributed by atoms with van der Waals surface area (Å²) in [5.41, 5.74) is 16.3. The van der Waals surface area contributed by atoms with Crippen LogP contribution >= 0.6 is 0 Å². The van der Waals surface area contributed by atoms with Gasteiger partial charge in [-0.15, -0.1) is 0 Å². The molecule has 12 rings (SSSR count). The van der Waals surface area contributed by atoms with Gasteiger partial charge in [0.1, 0.15) is 0 Å². The maximum atomic E-state index is 2.43. The summed E-state index contributed by atoms with van der Waals surface area (Å²) in [6, 6.07) is 92.8. The van der Waals surface area contributed by atoms with Crippen LogP contribution in [0.25, 0.3) is 93.5 Å². The van der Waals surface area contributed by atoms with Gasteiger partial charge in [-0.1, -0.05) is 200 Å². The van der Waals surface area contributed by atoms with Crippen molar-refractivity contribution in [3.63, 3.8) is 0 Å². The summed E-state index contributed by atoms with van der Waals surface area (Å²) in [5, 5.41) is 7.42. The van der Waals surface area contributed by atoms with E-state index in [2.05, 4.69) is 264 Å². The molecule has 0 spiro atoms. The number of rotatable bonds is 8. The van der Waals surface area contributed by atoms with Crippen molar-refractivity contribution < 1.29 is 0 Å². The number of benzene rings is 11. The lowest BCUT2D eigenvalue weighted by Gasteiger charge is -2.29. The van der Waals surface area contributed by atoms with Crippen molar-refractivity contribution in [2.45, 2.75) is 0 Å². The number of hydrogen-bond acceptors (Lipinski definition) is 1. The molecule has 0 amide bonds. The first-order valence-corrected chi connectivity index (χ1v) is 22.0. The highest BCUT2D eigenvalue weighted by molar-refractivity contribution is 6.12. The molecule has 1 aromatic heterocycles. The van der Waals surface area contributed by atoms with Crippen molar-refractivity contribution in [2.75, 3.05) is 4.90 Å². The molecule has 2 nitrogen and oxygen atoms in total. The second-order valence-electron chi connectivity index (χ2n) is 16.5. The maximum absolute atomic E-state index is 2.43. The molecule has 1 heterocycles. The molecule has 0 saturated heterocycles. The molecule has 0 aliphatic heterocycles. The molecule has 0 atom stereocenters. The Kier molecular flexibility index (Phi) is 9.20. The summed E-state index contributed by atoms with van der Waals surface area (Å²) in [5.74, 6) is 0. The third-order valence-electron chi connectivity index (χ3n) is 12.8. The molecule has 2 heteroatoms. The quantitative estimate of drug-likeness (QED) is 0.148. The molecule has 12 aromatic rings. The van der Waals surface area contributed by atoms with E-state index in [1.165, 1.54) is 76.9 Å². The number of anilines is 3. The van der Waals surface area contributed by atoms with E-state index < -0.39 is 0 Å². The Morgan fingerprint density at radius 2 is 0.781 bits per heavy atom. The van der Waals surface area contributed by atoms with Crippen LogP contribution in [0.3, 0.4) is 0 Å². The molecule has 64 heavy (non-hydrogen) atoms. The summed E-state index contributed by atoms with van der Waals surface area (Å²) < 4.78 is 2.43. The van der Waals surface area contributed by atoms with Crippen molar-refractivity contribution in [3.05, 3.63) is 255 Å². The van der Waals surface area contributed by atoms with E-state index >= 15 is 0 Å². The Balaban J connectivity index is 1.05. The van der Waals surface area contributed by atoms with E-state index in [0.29, 0.717) is 0 Å². The fraction of sp³-hybridized carbons (Fsp3) is 0. The molecule has 0 aliphatic carbocycles. The Morgan fingerprint density at radius 3 is 1.52 bits per heavy atom. The standard InChI is InChI=1S/C62H42N2/c1-3-17-43(18-4-1)44-33-36-49(37-34-44)63(50-24-15-23-47(41-50)52-30-16-22-45-21-7-8-25-51(45)52)62-39-35-48(42-58(62)46-19-5-2-6-20-46)53-38-40-61(55-27-10-9-26-54(53)55)64-59-31-13-11-28-56(59)57-29-12-14-32-60(57)64/h1-42H. The van der Waals surface area contributed by atoms with E-state index in [9.17, 15) is 0 Å². The van der Waals surface area contributed by atoms with Crippen LogP contribution in [0.5, 0.6) is 0 Å². The number of fused-ring (bicyclic) bond motifs is 5. The Hall–Kier alpha value is -8.46. The highest BCUT2D eigenvalue weighted by atomic mass is 15.1. The van der Waals surface area contributed by atoms with Gasteiger partial charge in [0, 0.05) is 33.1 Å². The van der Waals surface area contributed by atoms with E-state index in [4.69, 9.17) is 0 Å². The zero-order valence-electron chi connectivity index (χ0n) is 35.1. The summed E-state index contributed by atoms with van der Waals surface area (Å²) in [6.07, 6.45) is 0. The smallest absolute Gasteiger partial charge is 0.0541 e. The van der Waals surface area contributed by atoms with Crippen LogP contribution in [-0.2, 0) is 0 Å². The molecule has 0 N–H and O–H groups in total. The first kappa shape index (κ1) is 37.3. The van der Waals surface area contributed by atoms with Gasteiger partial charge in [0.05, 0.1) is 22.4 Å². The van der Waals surface area contributed by atoms with Crippen LogP contribution in [-0.4, -0.2) is 4.57 Å². The zero-order valence-corrected chi connectivity index (χ0v) is 35.1. The lowest BCUT2D eigenvalue weighted by atomic mass is 9.92. The SMILES string of the molecule is c1ccc(-c2ccc(N(c3cccc(-c4cccc5ccccc45)c3)c3ccc(-c4ccc(-n5c6ccccc6c6ccccc65)c5ccccc45)cc3-c3ccccc3)cc2)cc1. The minimum atomic E-state index is 1.08. The van der Waals surface area contributed by atoms with Gasteiger partial charge in [0.15, 0.2) is 0 Å². The fourth-order valence-corrected chi connectivity index (χ4v) is 9.81. The topological polar surface area (TPSA) is 8.17 Å². The molecule has 0 aliphatic rings. The van der Waals surface area contributed by atoms with Crippen LogP contribution in [0.2, 0.25) is 0 Å². The van der Waals surface area contributed by atoms with Gasteiger partial charge in [-0.25, -0.2) is 0 Å². The van der Waals surface area contributed by atoms with Crippen molar-refractivity contribution in [1.82, 2.24) is 4.57 Å². The van der Waals surface area contributed by atoms with Crippen LogP contribution in [0.15, 0.2) is 255 Å². The van der Waals surface area contributed by atoms with Crippen LogP contribution in [0, 0.1) is 0 Å². The van der Waals surface area contributed by atoms with E-state index in [0.717, 1.165) is 33.8 Å². The van der Waals surface area contributed by atoms with Crippen LogP contribution in [0.4, 0.5) is 17.1 Å². The Labute approximate surface area is 373 Å². The molecule has 0 saturated carbocycles. The molecule has 300 valence electrons. The number of para-hydroxylation sites is 2. The highest BCUT2D eigenvalue weighted by Crippen LogP contribution is 2.46. The second-order valence-corrected chi connectivity index (χ2v) is 16.5. The molecular formula is C62H42N2. The average Bonchev–Trinajstić information content (AvgIpc) is 3.71. The number of nitrogens with zero attached hydrogens (tertiary/aromatic N) is 2. The second kappa shape index (κ2) is 15.8. The normalized spacial score (nSPS) is 11.4. The van der Waals surface area contributed by atoms with Crippen molar-refractivity contribution in [1.29, 1.82) is 0 Å². The third-order valence-corrected chi connectivity index (χ3v) is 12.8. The molecule has 11 aromatic carbocycles. The summed E-state index contributed by atoms with van der Waals surface area (Å²) in [7, 11) is 0. The fourth-order valence-electron chi connectivity index (χ4n) is 9.81. The van der Waals surface area contributed by atoms with Crippen molar-refractivity contribution >= 4 is 60.4 Å². The van der Waals surface area contributed by atoms with E-state index in [-0.39, 0.29) is 0 Å². The van der Waals surface area contributed by atoms with Gasteiger partial charge in [-0.3, -0.25) is 0 Å². The number of hydrogen-bond donors (Lipinski definition) is 0. The van der Waals surface area contributed by atoms with Gasteiger partial charge in [-0.05, 0) is 110 Å². The van der Waals surface area contributed by atoms with Gasteiger partial charge >= 0.3 is 0 Å². The van der Waals surface area contributed by atoms with Crippen LogP contribution in [0.1, 0.15) is 0 Å². The lowest BCUT2D eigenvalue weighted by Crippen LogP contribution is -2.11. The molecule has 0 unspecified atom stereocenters. The minimum Gasteiger partial charge on any atom is -0.310 e.